The second-order valence-electron chi connectivity index (χ2n) is 5.48. The molecule has 27 heavy (non-hydrogen) atoms. The molecule has 0 aromatic carbocycles. The van der Waals surface area contributed by atoms with Gasteiger partial charge in [-0.3, -0.25) is 9.59 Å². The number of nitrogens with zero attached hydrogens (tertiary/aromatic N) is 4. The van der Waals surface area contributed by atoms with Crippen LogP contribution in [-0.2, 0) is 23.9 Å². The topological polar surface area (TPSA) is 102 Å². The molecule has 9 nitrogen and oxygen atoms in total. The van der Waals surface area contributed by atoms with Gasteiger partial charge in [0.15, 0.2) is 11.0 Å². The molecule has 1 amide bonds. The molecule has 2 heterocycles. The van der Waals surface area contributed by atoms with Crippen LogP contribution in [0, 0.1) is 0 Å². The van der Waals surface area contributed by atoms with Gasteiger partial charge in [-0.25, -0.2) is 4.79 Å². The minimum absolute atomic E-state index is 0.00228. The summed E-state index contributed by atoms with van der Waals surface area (Å²) in [6.45, 7) is 0.502. The summed E-state index contributed by atoms with van der Waals surface area (Å²) in [5.74, 6) is -0.273. The first-order valence-corrected chi connectivity index (χ1v) is 9.36. The summed E-state index contributed by atoms with van der Waals surface area (Å²) < 4.78 is 9.75. The van der Waals surface area contributed by atoms with Crippen LogP contribution in [0.2, 0.25) is 5.15 Å². The van der Waals surface area contributed by atoms with Crippen LogP contribution in [0.15, 0.2) is 23.2 Å². The lowest BCUT2D eigenvalue weighted by Gasteiger charge is -2.18. The minimum atomic E-state index is -0.517. The number of amides is 1. The van der Waals surface area contributed by atoms with E-state index in [0.29, 0.717) is 23.8 Å². The van der Waals surface area contributed by atoms with E-state index >= 15 is 0 Å². The molecule has 0 spiro atoms. The lowest BCUT2D eigenvalue weighted by molar-refractivity contribution is -0.142. The highest BCUT2D eigenvalue weighted by molar-refractivity contribution is 8.04. The first kappa shape index (κ1) is 21.0. The Morgan fingerprint density at radius 3 is 2.85 bits per heavy atom. The Hall–Kier alpha value is -2.33. The zero-order chi connectivity index (χ0) is 19.8. The highest BCUT2D eigenvalue weighted by atomic mass is 35.5. The van der Waals surface area contributed by atoms with Crippen molar-refractivity contribution in [3.8, 4) is 0 Å². The van der Waals surface area contributed by atoms with Gasteiger partial charge in [0.2, 0.25) is 5.91 Å². The number of carbonyl (C=O) groups is 3. The molecule has 11 heteroatoms. The van der Waals surface area contributed by atoms with Gasteiger partial charge < -0.3 is 19.3 Å². The summed E-state index contributed by atoms with van der Waals surface area (Å²) in [6, 6.07) is 3.23. The average molecular weight is 415 g/mol. The Kier molecular flexibility index (Phi) is 7.86. The predicted molar refractivity (Wildman–Crippen MR) is 100 cm³/mol. The molecule has 1 aromatic rings. The number of esters is 2. The van der Waals surface area contributed by atoms with Crippen molar-refractivity contribution in [3.63, 3.8) is 0 Å². The zero-order valence-corrected chi connectivity index (χ0v) is 16.5. The van der Waals surface area contributed by atoms with Crippen LogP contribution in [0.4, 0.5) is 5.82 Å². The summed E-state index contributed by atoms with van der Waals surface area (Å²) in [6.07, 6.45) is 1.73. The van der Waals surface area contributed by atoms with Crippen LogP contribution in [0.25, 0.3) is 0 Å². The Labute approximate surface area is 165 Å². The average Bonchev–Trinajstić information content (AvgIpc) is 2.98. The Morgan fingerprint density at radius 2 is 2.19 bits per heavy atom. The monoisotopic (exact) mass is 414 g/mol. The van der Waals surface area contributed by atoms with Crippen molar-refractivity contribution < 1.29 is 23.9 Å². The number of methoxy groups -OCH3 is 1. The van der Waals surface area contributed by atoms with E-state index in [-0.39, 0.29) is 30.0 Å². The number of hydrogen-bond acceptors (Lipinski definition) is 9. The molecule has 2 rings (SSSR count). The number of aromatic nitrogens is 2. The molecule has 146 valence electrons. The zero-order valence-electron chi connectivity index (χ0n) is 14.9. The normalized spacial score (nSPS) is 15.1. The quantitative estimate of drug-likeness (QED) is 0.351. The summed E-state index contributed by atoms with van der Waals surface area (Å²) in [4.78, 5) is 38.2. The van der Waals surface area contributed by atoms with E-state index < -0.39 is 11.9 Å². The summed E-state index contributed by atoms with van der Waals surface area (Å²) in [7, 11) is 2.96. The van der Waals surface area contributed by atoms with E-state index in [1.807, 2.05) is 0 Å². The Bertz CT molecular complexity index is 728. The molecule has 0 N–H and O–H groups in total. The summed E-state index contributed by atoms with van der Waals surface area (Å²) in [5.41, 5.74) is 0. The van der Waals surface area contributed by atoms with Crippen LogP contribution >= 0.6 is 23.4 Å². The SMILES string of the molecule is COC(=O)/C=C1/SCC(=O)N1CCCOC(=O)CN(C)c1ccc(Cl)nn1. The molecule has 0 atom stereocenters. The number of rotatable bonds is 8. The van der Waals surface area contributed by atoms with Crippen molar-refractivity contribution in [3.05, 3.63) is 28.4 Å². The number of carbonyl (C=O) groups excluding carboxylic acids is 3. The number of thioether (sulfide) groups is 1. The first-order chi connectivity index (χ1) is 12.9. The molecule has 1 aliphatic rings. The molecule has 1 saturated heterocycles. The lowest BCUT2D eigenvalue weighted by Crippen LogP contribution is -2.29. The van der Waals surface area contributed by atoms with Gasteiger partial charge in [-0.15, -0.1) is 10.2 Å². The van der Waals surface area contributed by atoms with Crippen molar-refractivity contribution in [2.45, 2.75) is 6.42 Å². The smallest absolute Gasteiger partial charge is 0.333 e. The van der Waals surface area contributed by atoms with Crippen LogP contribution in [0.1, 0.15) is 6.42 Å². The number of halogens is 1. The molecule has 0 bridgehead atoms. The van der Waals surface area contributed by atoms with Crippen LogP contribution in [-0.4, -0.2) is 72.5 Å². The molecular weight excluding hydrogens is 396 g/mol. The van der Waals surface area contributed by atoms with Gasteiger partial charge in [0.1, 0.15) is 6.54 Å². The minimum Gasteiger partial charge on any atom is -0.466 e. The third-order valence-electron chi connectivity index (χ3n) is 3.52. The van der Waals surface area contributed by atoms with Crippen molar-refractivity contribution in [1.29, 1.82) is 0 Å². The van der Waals surface area contributed by atoms with Crippen LogP contribution in [0.3, 0.4) is 0 Å². The van der Waals surface area contributed by atoms with Crippen molar-refractivity contribution in [2.24, 2.45) is 0 Å². The number of hydrogen-bond donors (Lipinski definition) is 0. The first-order valence-electron chi connectivity index (χ1n) is 7.99. The van der Waals surface area contributed by atoms with Crippen LogP contribution in [0.5, 0.6) is 0 Å². The fraction of sp³-hybridized carbons (Fsp3) is 0.438. The van der Waals surface area contributed by atoms with Crippen molar-refractivity contribution in [2.75, 3.05) is 44.5 Å². The van der Waals surface area contributed by atoms with Gasteiger partial charge >= 0.3 is 11.9 Å². The number of ether oxygens (including phenoxy) is 2. The third kappa shape index (κ3) is 6.40. The Balaban J connectivity index is 1.74. The van der Waals surface area contributed by atoms with Gasteiger partial charge in [0.25, 0.3) is 0 Å². The second kappa shape index (κ2) is 10.1. The van der Waals surface area contributed by atoms with E-state index in [2.05, 4.69) is 14.9 Å². The van der Waals surface area contributed by atoms with E-state index in [4.69, 9.17) is 16.3 Å². The number of likely N-dealkylation sites (N-methyl/N-ethyl adjacent to an activating group) is 1. The lowest BCUT2D eigenvalue weighted by atomic mass is 10.4. The molecule has 1 aromatic heterocycles. The van der Waals surface area contributed by atoms with Gasteiger partial charge in [-0.1, -0.05) is 23.4 Å². The maximum absolute atomic E-state index is 11.9. The van der Waals surface area contributed by atoms with Gasteiger partial charge in [0.05, 0.1) is 30.6 Å². The van der Waals surface area contributed by atoms with E-state index in [1.54, 1.807) is 24.1 Å². The van der Waals surface area contributed by atoms with Crippen LogP contribution < -0.4 is 4.90 Å². The predicted octanol–water partition coefficient (Wildman–Crippen LogP) is 1.09. The molecule has 1 aliphatic heterocycles. The maximum atomic E-state index is 11.9. The van der Waals surface area contributed by atoms with Gasteiger partial charge in [-0.2, -0.15) is 0 Å². The highest BCUT2D eigenvalue weighted by Crippen LogP contribution is 2.28. The fourth-order valence-electron chi connectivity index (χ4n) is 2.17. The van der Waals surface area contributed by atoms with Crippen molar-refractivity contribution in [1.82, 2.24) is 15.1 Å². The summed E-state index contributed by atoms with van der Waals surface area (Å²) in [5, 5.41) is 8.39. The van der Waals surface area contributed by atoms with Crippen molar-refractivity contribution >= 4 is 47.0 Å². The molecule has 0 radical (unpaired) electrons. The van der Waals surface area contributed by atoms with E-state index in [1.165, 1.54) is 29.8 Å². The van der Waals surface area contributed by atoms with Gasteiger partial charge in [0, 0.05) is 13.6 Å². The molecule has 0 aliphatic carbocycles. The molecule has 0 unspecified atom stereocenters. The largest absolute Gasteiger partial charge is 0.466 e. The fourth-order valence-corrected chi connectivity index (χ4v) is 3.23. The van der Waals surface area contributed by atoms with E-state index in [0.717, 1.165) is 0 Å². The molecule has 1 fully saturated rings. The Morgan fingerprint density at radius 1 is 1.41 bits per heavy atom. The third-order valence-corrected chi connectivity index (χ3v) is 4.74. The number of anilines is 1. The maximum Gasteiger partial charge on any atom is 0.333 e. The van der Waals surface area contributed by atoms with Gasteiger partial charge in [-0.05, 0) is 18.6 Å². The highest BCUT2D eigenvalue weighted by Gasteiger charge is 2.27. The molecular formula is C16H19ClN4O5S. The second-order valence-corrected chi connectivity index (χ2v) is 6.87. The standard InChI is InChI=1S/C16H19ClN4O5S/c1-20(12-5-4-11(17)18-19-12)9-16(24)26-7-3-6-21-13(22)10-27-14(21)8-15(23)25-2/h4-5,8H,3,6-7,9-10H2,1-2H3/b14-8+. The summed E-state index contributed by atoms with van der Waals surface area (Å²) >= 11 is 6.95. The molecule has 0 saturated carbocycles. The van der Waals surface area contributed by atoms with E-state index in [9.17, 15) is 14.4 Å².